The SMILES string of the molecule is CCn1c(=O)cc(C2CCN(C)CC2)c2cc(C(=O)N(C)c3ccc(C)cc3)ccc21. The highest BCUT2D eigenvalue weighted by Crippen LogP contribution is 2.32. The van der Waals surface area contributed by atoms with Gasteiger partial charge in [0.1, 0.15) is 0 Å². The summed E-state index contributed by atoms with van der Waals surface area (Å²) in [6.45, 7) is 6.68. The average Bonchev–Trinajstić information content (AvgIpc) is 2.78. The molecular weight excluding hydrogens is 386 g/mol. The third kappa shape index (κ3) is 4.15. The maximum atomic E-state index is 13.3. The van der Waals surface area contributed by atoms with E-state index in [9.17, 15) is 9.59 Å². The van der Waals surface area contributed by atoms with Gasteiger partial charge in [-0.3, -0.25) is 9.59 Å². The zero-order valence-electron chi connectivity index (χ0n) is 18.9. The molecule has 0 bridgehead atoms. The van der Waals surface area contributed by atoms with Gasteiger partial charge in [-0.1, -0.05) is 17.7 Å². The van der Waals surface area contributed by atoms with E-state index >= 15 is 0 Å². The van der Waals surface area contributed by atoms with Crippen molar-refractivity contribution in [3.8, 4) is 0 Å². The minimum Gasteiger partial charge on any atom is -0.311 e. The number of benzene rings is 2. The molecule has 0 spiro atoms. The molecule has 0 saturated carbocycles. The number of aryl methyl sites for hydroxylation is 2. The number of aromatic nitrogens is 1. The first-order chi connectivity index (χ1) is 14.9. The second kappa shape index (κ2) is 8.67. The molecule has 3 aromatic rings. The van der Waals surface area contributed by atoms with Gasteiger partial charge in [-0.2, -0.15) is 0 Å². The molecular formula is C26H31N3O2. The van der Waals surface area contributed by atoms with Crippen molar-refractivity contribution in [2.24, 2.45) is 0 Å². The summed E-state index contributed by atoms with van der Waals surface area (Å²) in [5, 5.41) is 1.03. The fraction of sp³-hybridized carbons (Fsp3) is 0.385. The molecule has 2 heterocycles. The lowest BCUT2D eigenvalue weighted by Gasteiger charge is -2.30. The Morgan fingerprint density at radius 3 is 2.39 bits per heavy atom. The number of hydrogen-bond donors (Lipinski definition) is 0. The first kappa shape index (κ1) is 21.3. The third-order valence-corrected chi connectivity index (χ3v) is 6.59. The Hall–Kier alpha value is -2.92. The van der Waals surface area contributed by atoms with Gasteiger partial charge in [-0.15, -0.1) is 0 Å². The Labute approximate surface area is 183 Å². The fourth-order valence-corrected chi connectivity index (χ4v) is 4.61. The minimum absolute atomic E-state index is 0.0415. The van der Waals surface area contributed by atoms with Gasteiger partial charge in [0.05, 0.1) is 5.52 Å². The second-order valence-corrected chi connectivity index (χ2v) is 8.69. The molecule has 1 aliphatic heterocycles. The van der Waals surface area contributed by atoms with E-state index in [1.165, 1.54) is 0 Å². The zero-order valence-corrected chi connectivity index (χ0v) is 18.9. The Balaban J connectivity index is 1.78. The highest BCUT2D eigenvalue weighted by molar-refractivity contribution is 6.07. The Morgan fingerprint density at radius 2 is 1.74 bits per heavy atom. The smallest absolute Gasteiger partial charge is 0.258 e. The molecule has 0 aliphatic carbocycles. The fourth-order valence-electron chi connectivity index (χ4n) is 4.61. The van der Waals surface area contributed by atoms with Gasteiger partial charge in [0, 0.05) is 36.3 Å². The molecule has 5 nitrogen and oxygen atoms in total. The van der Waals surface area contributed by atoms with Gasteiger partial charge in [-0.25, -0.2) is 0 Å². The Morgan fingerprint density at radius 1 is 1.06 bits per heavy atom. The monoisotopic (exact) mass is 417 g/mol. The van der Waals surface area contributed by atoms with E-state index in [-0.39, 0.29) is 11.5 Å². The molecule has 4 rings (SSSR count). The third-order valence-electron chi connectivity index (χ3n) is 6.59. The number of piperidine rings is 1. The van der Waals surface area contributed by atoms with Crippen molar-refractivity contribution >= 4 is 22.5 Å². The molecule has 31 heavy (non-hydrogen) atoms. The Kier molecular flexibility index (Phi) is 5.96. The van der Waals surface area contributed by atoms with E-state index in [0.29, 0.717) is 18.0 Å². The number of carbonyl (C=O) groups is 1. The molecule has 5 heteroatoms. The van der Waals surface area contributed by atoms with E-state index < -0.39 is 0 Å². The molecule has 0 N–H and O–H groups in total. The summed E-state index contributed by atoms with van der Waals surface area (Å²) in [6.07, 6.45) is 2.06. The molecule has 1 amide bonds. The summed E-state index contributed by atoms with van der Waals surface area (Å²) in [6, 6.07) is 15.5. The first-order valence-electron chi connectivity index (χ1n) is 11.1. The van der Waals surface area contributed by atoms with Crippen LogP contribution in [-0.2, 0) is 6.54 Å². The molecule has 0 atom stereocenters. The topological polar surface area (TPSA) is 45.6 Å². The summed E-state index contributed by atoms with van der Waals surface area (Å²) in [5.74, 6) is 0.299. The van der Waals surface area contributed by atoms with E-state index in [1.54, 1.807) is 15.5 Å². The van der Waals surface area contributed by atoms with Gasteiger partial charge in [-0.05, 0) is 88.6 Å². The van der Waals surface area contributed by atoms with E-state index in [2.05, 4.69) is 11.9 Å². The summed E-state index contributed by atoms with van der Waals surface area (Å²) in [5.41, 5.74) is 4.72. The lowest BCUT2D eigenvalue weighted by molar-refractivity contribution is 0.0993. The van der Waals surface area contributed by atoms with Crippen molar-refractivity contribution in [1.82, 2.24) is 9.47 Å². The number of hydrogen-bond acceptors (Lipinski definition) is 3. The van der Waals surface area contributed by atoms with Crippen LogP contribution in [0.5, 0.6) is 0 Å². The predicted octanol–water partition coefficient (Wildman–Crippen LogP) is 4.42. The van der Waals surface area contributed by atoms with Crippen molar-refractivity contribution in [2.45, 2.75) is 39.2 Å². The largest absolute Gasteiger partial charge is 0.311 e. The van der Waals surface area contributed by atoms with E-state index in [4.69, 9.17) is 0 Å². The number of carbonyl (C=O) groups excluding carboxylic acids is 1. The summed E-state index contributed by atoms with van der Waals surface area (Å²) in [7, 11) is 3.95. The van der Waals surface area contributed by atoms with Crippen LogP contribution in [0.25, 0.3) is 10.9 Å². The van der Waals surface area contributed by atoms with Gasteiger partial charge >= 0.3 is 0 Å². The number of pyridine rings is 1. The van der Waals surface area contributed by atoms with Crippen LogP contribution in [0.1, 0.15) is 47.2 Å². The summed E-state index contributed by atoms with van der Waals surface area (Å²) < 4.78 is 1.80. The standard InChI is InChI=1S/C26H31N3O2/c1-5-29-24-11-8-20(26(31)28(4)21-9-6-18(2)7-10-21)16-23(24)22(17-25(29)30)19-12-14-27(3)15-13-19/h6-11,16-17,19H,5,12-15H2,1-4H3. The number of rotatable bonds is 4. The molecule has 1 aromatic heterocycles. The van der Waals surface area contributed by atoms with Crippen LogP contribution in [-0.4, -0.2) is 42.6 Å². The Bertz CT molecular complexity index is 1160. The van der Waals surface area contributed by atoms with E-state index in [1.807, 2.05) is 63.4 Å². The van der Waals surface area contributed by atoms with Crippen LogP contribution >= 0.6 is 0 Å². The maximum absolute atomic E-state index is 13.3. The number of fused-ring (bicyclic) bond motifs is 1. The molecule has 2 aromatic carbocycles. The highest BCUT2D eigenvalue weighted by atomic mass is 16.2. The normalized spacial score (nSPS) is 15.4. The van der Waals surface area contributed by atoms with Crippen molar-refractivity contribution < 1.29 is 4.79 Å². The average molecular weight is 418 g/mol. The molecule has 1 saturated heterocycles. The molecule has 162 valence electrons. The number of likely N-dealkylation sites (tertiary alicyclic amines) is 1. The lowest BCUT2D eigenvalue weighted by atomic mass is 9.87. The van der Waals surface area contributed by atoms with Gasteiger partial charge < -0.3 is 14.4 Å². The molecule has 0 unspecified atom stereocenters. The van der Waals surface area contributed by atoms with Crippen molar-refractivity contribution in [2.75, 3.05) is 32.1 Å². The van der Waals surface area contributed by atoms with Gasteiger partial charge in [0.25, 0.3) is 11.5 Å². The lowest BCUT2D eigenvalue weighted by Crippen LogP contribution is -2.30. The van der Waals surface area contributed by atoms with Crippen LogP contribution in [0.4, 0.5) is 5.69 Å². The highest BCUT2D eigenvalue weighted by Gasteiger charge is 2.23. The molecule has 0 radical (unpaired) electrons. The van der Waals surface area contributed by atoms with Crippen LogP contribution in [0.2, 0.25) is 0 Å². The molecule has 1 aliphatic rings. The minimum atomic E-state index is -0.0469. The van der Waals surface area contributed by atoms with Crippen LogP contribution in [0, 0.1) is 6.92 Å². The van der Waals surface area contributed by atoms with Crippen LogP contribution in [0.15, 0.2) is 53.3 Å². The summed E-state index contributed by atoms with van der Waals surface area (Å²) in [4.78, 5) is 30.1. The summed E-state index contributed by atoms with van der Waals surface area (Å²) >= 11 is 0. The van der Waals surface area contributed by atoms with Gasteiger partial charge in [0.2, 0.25) is 0 Å². The van der Waals surface area contributed by atoms with E-state index in [0.717, 1.165) is 53.6 Å². The zero-order chi connectivity index (χ0) is 22.1. The number of nitrogens with zero attached hydrogens (tertiary/aromatic N) is 3. The van der Waals surface area contributed by atoms with Gasteiger partial charge in [0.15, 0.2) is 0 Å². The van der Waals surface area contributed by atoms with Crippen molar-refractivity contribution in [1.29, 1.82) is 0 Å². The first-order valence-corrected chi connectivity index (χ1v) is 11.1. The number of amides is 1. The quantitative estimate of drug-likeness (QED) is 0.631. The number of anilines is 1. The maximum Gasteiger partial charge on any atom is 0.258 e. The van der Waals surface area contributed by atoms with Crippen LogP contribution in [0.3, 0.4) is 0 Å². The second-order valence-electron chi connectivity index (χ2n) is 8.69. The van der Waals surface area contributed by atoms with Crippen molar-refractivity contribution in [3.63, 3.8) is 0 Å². The molecule has 1 fully saturated rings. The van der Waals surface area contributed by atoms with Crippen LogP contribution < -0.4 is 10.5 Å². The van der Waals surface area contributed by atoms with Crippen molar-refractivity contribution in [3.05, 3.63) is 75.6 Å². The predicted molar refractivity (Wildman–Crippen MR) is 127 cm³/mol.